The van der Waals surface area contributed by atoms with Crippen LogP contribution < -0.4 is 27.0 Å². The molecule has 0 spiro atoms. The third kappa shape index (κ3) is 10.3. The second kappa shape index (κ2) is 15.7. The standard InChI is InChI=1S/C32H38BrN5O4/c1-20(2)15-27(31(41)35-19-23-11-7-13-25(33)16-23)37-29(39)21(3)36-32(42)28(17-22-9-5-4-6-10-22)38-30(40)24-12-8-14-26(34)18-24/h4-14,16,18,20-21,27-28H,15,17,19,34H2,1-3H3,(H,35,41)(H,36,42)(H,37,39)(H,38,40)/t21-,27-,28-/m0/s1. The Hall–Kier alpha value is -4.18. The number of carbonyl (C=O) groups excluding carboxylic acids is 4. The van der Waals surface area contributed by atoms with E-state index in [4.69, 9.17) is 5.73 Å². The number of nitrogens with one attached hydrogen (secondary N) is 4. The van der Waals surface area contributed by atoms with Crippen LogP contribution in [0, 0.1) is 5.92 Å². The molecule has 0 unspecified atom stereocenters. The molecule has 0 heterocycles. The number of carbonyl (C=O) groups is 4. The van der Waals surface area contributed by atoms with E-state index >= 15 is 0 Å². The summed E-state index contributed by atoms with van der Waals surface area (Å²) in [6.45, 7) is 5.77. The third-order valence-electron chi connectivity index (χ3n) is 6.50. The average Bonchev–Trinajstić information content (AvgIpc) is 2.95. The van der Waals surface area contributed by atoms with E-state index in [1.54, 1.807) is 25.1 Å². The number of amides is 4. The molecule has 0 saturated heterocycles. The van der Waals surface area contributed by atoms with Crippen molar-refractivity contribution >= 4 is 45.2 Å². The molecule has 0 aliphatic rings. The normalized spacial score (nSPS) is 13.0. The van der Waals surface area contributed by atoms with Crippen LogP contribution in [0.3, 0.4) is 0 Å². The fraction of sp³-hybridized carbons (Fsp3) is 0.312. The van der Waals surface area contributed by atoms with Crippen molar-refractivity contribution in [2.45, 2.75) is 58.3 Å². The zero-order valence-corrected chi connectivity index (χ0v) is 25.6. The summed E-state index contributed by atoms with van der Waals surface area (Å²) in [5, 5.41) is 11.1. The first-order valence-electron chi connectivity index (χ1n) is 13.8. The highest BCUT2D eigenvalue weighted by Crippen LogP contribution is 2.12. The first-order chi connectivity index (χ1) is 20.0. The van der Waals surface area contributed by atoms with Gasteiger partial charge in [-0.15, -0.1) is 0 Å². The van der Waals surface area contributed by atoms with Crippen LogP contribution in [0.4, 0.5) is 5.69 Å². The van der Waals surface area contributed by atoms with Gasteiger partial charge in [0.2, 0.25) is 17.7 Å². The van der Waals surface area contributed by atoms with Gasteiger partial charge in [-0.25, -0.2) is 0 Å². The predicted octanol–water partition coefficient (Wildman–Crippen LogP) is 3.72. The van der Waals surface area contributed by atoms with Crippen molar-refractivity contribution in [3.05, 3.63) is 100 Å². The fourth-order valence-corrected chi connectivity index (χ4v) is 4.77. The highest BCUT2D eigenvalue weighted by molar-refractivity contribution is 9.10. The Morgan fingerprint density at radius 3 is 2.10 bits per heavy atom. The minimum atomic E-state index is -0.965. The quantitative estimate of drug-likeness (QED) is 0.182. The number of nitrogens with two attached hydrogens (primary N) is 1. The molecule has 0 aliphatic heterocycles. The van der Waals surface area contributed by atoms with Gasteiger partial charge in [-0.3, -0.25) is 19.2 Å². The zero-order chi connectivity index (χ0) is 30.6. The molecule has 3 atom stereocenters. The van der Waals surface area contributed by atoms with Gasteiger partial charge in [-0.05, 0) is 60.7 Å². The largest absolute Gasteiger partial charge is 0.399 e. The van der Waals surface area contributed by atoms with E-state index in [-0.39, 0.29) is 18.2 Å². The Morgan fingerprint density at radius 1 is 0.738 bits per heavy atom. The molecule has 0 fully saturated rings. The van der Waals surface area contributed by atoms with E-state index in [1.165, 1.54) is 6.07 Å². The third-order valence-corrected chi connectivity index (χ3v) is 6.99. The lowest BCUT2D eigenvalue weighted by Crippen LogP contribution is -2.56. The van der Waals surface area contributed by atoms with Gasteiger partial charge in [0.15, 0.2) is 0 Å². The van der Waals surface area contributed by atoms with Gasteiger partial charge in [-0.2, -0.15) is 0 Å². The lowest BCUT2D eigenvalue weighted by molar-refractivity contribution is -0.132. The van der Waals surface area contributed by atoms with Gasteiger partial charge in [0.25, 0.3) is 5.91 Å². The molecule has 3 aromatic carbocycles. The van der Waals surface area contributed by atoms with Crippen molar-refractivity contribution in [1.29, 1.82) is 0 Å². The molecular formula is C32H38BrN5O4. The van der Waals surface area contributed by atoms with Crippen LogP contribution in [0.5, 0.6) is 0 Å². The molecule has 0 aromatic heterocycles. The molecule has 222 valence electrons. The Balaban J connectivity index is 1.66. The summed E-state index contributed by atoms with van der Waals surface area (Å²) >= 11 is 3.42. The molecular weight excluding hydrogens is 598 g/mol. The number of nitrogen functional groups attached to an aromatic ring is 1. The van der Waals surface area contributed by atoms with Crippen molar-refractivity contribution in [3.8, 4) is 0 Å². The Bertz CT molecular complexity index is 1380. The van der Waals surface area contributed by atoms with E-state index in [9.17, 15) is 19.2 Å². The van der Waals surface area contributed by atoms with Crippen LogP contribution in [-0.4, -0.2) is 41.8 Å². The number of rotatable bonds is 13. The SMILES string of the molecule is CC(C)C[C@H](NC(=O)[C@H](C)NC(=O)[C@H](Cc1ccccc1)NC(=O)c1cccc(N)c1)C(=O)NCc1cccc(Br)c1. The molecule has 6 N–H and O–H groups in total. The maximum Gasteiger partial charge on any atom is 0.252 e. The van der Waals surface area contributed by atoms with Crippen LogP contribution >= 0.6 is 15.9 Å². The van der Waals surface area contributed by atoms with Crippen molar-refractivity contribution in [2.24, 2.45) is 5.92 Å². The molecule has 3 aromatic rings. The van der Waals surface area contributed by atoms with Crippen LogP contribution in [0.15, 0.2) is 83.3 Å². The highest BCUT2D eigenvalue weighted by Gasteiger charge is 2.28. The van der Waals surface area contributed by atoms with Gasteiger partial charge in [0.1, 0.15) is 18.1 Å². The predicted molar refractivity (Wildman–Crippen MR) is 167 cm³/mol. The lowest BCUT2D eigenvalue weighted by atomic mass is 10.0. The first-order valence-corrected chi connectivity index (χ1v) is 14.6. The van der Waals surface area contributed by atoms with Crippen molar-refractivity contribution in [1.82, 2.24) is 21.3 Å². The molecule has 10 heteroatoms. The molecule has 42 heavy (non-hydrogen) atoms. The fourth-order valence-electron chi connectivity index (χ4n) is 4.32. The van der Waals surface area contributed by atoms with E-state index in [2.05, 4.69) is 37.2 Å². The number of hydrogen-bond donors (Lipinski definition) is 5. The van der Waals surface area contributed by atoms with Crippen LogP contribution in [-0.2, 0) is 27.3 Å². The van der Waals surface area contributed by atoms with Crippen molar-refractivity contribution in [2.75, 3.05) is 5.73 Å². The Kier molecular flexibility index (Phi) is 12.1. The molecule has 4 amide bonds. The van der Waals surface area contributed by atoms with Crippen LogP contribution in [0.1, 0.15) is 48.7 Å². The minimum Gasteiger partial charge on any atom is -0.399 e. The molecule has 0 saturated carbocycles. The van der Waals surface area contributed by atoms with Crippen LogP contribution in [0.2, 0.25) is 0 Å². The maximum atomic E-state index is 13.4. The van der Waals surface area contributed by atoms with Crippen molar-refractivity contribution in [3.63, 3.8) is 0 Å². The minimum absolute atomic E-state index is 0.134. The summed E-state index contributed by atoms with van der Waals surface area (Å²) in [5.74, 6) is -1.68. The van der Waals surface area contributed by atoms with Gasteiger partial charge in [-0.1, -0.05) is 78.3 Å². The van der Waals surface area contributed by atoms with Crippen molar-refractivity contribution < 1.29 is 19.2 Å². The number of anilines is 1. The highest BCUT2D eigenvalue weighted by atomic mass is 79.9. The molecule has 0 aliphatic carbocycles. The summed E-state index contributed by atoms with van der Waals surface area (Å²) in [4.78, 5) is 52.5. The summed E-state index contributed by atoms with van der Waals surface area (Å²) in [7, 11) is 0. The van der Waals surface area contributed by atoms with E-state index < -0.39 is 35.8 Å². The summed E-state index contributed by atoms with van der Waals surface area (Å²) in [5.41, 5.74) is 8.31. The molecule has 9 nitrogen and oxygen atoms in total. The summed E-state index contributed by atoms with van der Waals surface area (Å²) in [6.07, 6.45) is 0.632. The van der Waals surface area contributed by atoms with Gasteiger partial charge < -0.3 is 27.0 Å². The van der Waals surface area contributed by atoms with Gasteiger partial charge in [0, 0.05) is 28.7 Å². The smallest absolute Gasteiger partial charge is 0.252 e. The average molecular weight is 637 g/mol. The molecule has 3 rings (SSSR count). The monoisotopic (exact) mass is 635 g/mol. The number of hydrogen-bond acceptors (Lipinski definition) is 5. The summed E-state index contributed by atoms with van der Waals surface area (Å²) in [6, 6.07) is 20.6. The topological polar surface area (TPSA) is 142 Å². The molecule has 0 bridgehead atoms. The zero-order valence-electron chi connectivity index (χ0n) is 24.0. The summed E-state index contributed by atoms with van der Waals surface area (Å²) < 4.78 is 0.903. The van der Waals surface area contributed by atoms with E-state index in [0.29, 0.717) is 24.2 Å². The Morgan fingerprint density at radius 2 is 1.43 bits per heavy atom. The first kappa shape index (κ1) is 32.3. The molecule has 0 radical (unpaired) electrons. The second-order valence-electron chi connectivity index (χ2n) is 10.6. The Labute approximate surface area is 255 Å². The number of benzene rings is 3. The second-order valence-corrected chi connectivity index (χ2v) is 11.5. The van der Waals surface area contributed by atoms with E-state index in [0.717, 1.165) is 15.6 Å². The van der Waals surface area contributed by atoms with Gasteiger partial charge >= 0.3 is 0 Å². The van der Waals surface area contributed by atoms with E-state index in [1.807, 2.05) is 68.4 Å². The number of halogens is 1. The van der Waals surface area contributed by atoms with Gasteiger partial charge in [0.05, 0.1) is 0 Å². The lowest BCUT2D eigenvalue weighted by Gasteiger charge is -2.24. The van der Waals surface area contributed by atoms with Crippen LogP contribution in [0.25, 0.3) is 0 Å². The maximum absolute atomic E-state index is 13.4.